The summed E-state index contributed by atoms with van der Waals surface area (Å²) in [6, 6.07) is 4.80. The number of rotatable bonds is 7. The largest absolute Gasteiger partial charge is 0.352 e. The van der Waals surface area contributed by atoms with Crippen molar-refractivity contribution in [3.63, 3.8) is 0 Å². The van der Waals surface area contributed by atoms with Crippen LogP contribution in [0, 0.1) is 6.92 Å². The first kappa shape index (κ1) is 19.9. The highest BCUT2D eigenvalue weighted by Gasteiger charge is 2.31. The first-order valence-corrected chi connectivity index (χ1v) is 10.4. The fourth-order valence-electron chi connectivity index (χ4n) is 3.14. The van der Waals surface area contributed by atoms with Crippen LogP contribution in [0.15, 0.2) is 23.1 Å². The Morgan fingerprint density at radius 3 is 2.76 bits per heavy atom. The molecule has 1 atom stereocenters. The second kappa shape index (κ2) is 8.78. The molecule has 0 bridgehead atoms. The third-order valence-corrected chi connectivity index (χ3v) is 6.73. The smallest absolute Gasteiger partial charge is 0.251 e. The molecule has 1 heterocycles. The summed E-state index contributed by atoms with van der Waals surface area (Å²) in [6.45, 7) is 5.43. The molecule has 3 N–H and O–H groups in total. The highest BCUT2D eigenvalue weighted by Crippen LogP contribution is 2.26. The van der Waals surface area contributed by atoms with Gasteiger partial charge < -0.3 is 11.1 Å². The van der Waals surface area contributed by atoms with Crippen LogP contribution >= 0.6 is 0 Å². The minimum atomic E-state index is -3.58. The molecule has 1 saturated heterocycles. The molecule has 1 amide bonds. The van der Waals surface area contributed by atoms with Gasteiger partial charge in [0.15, 0.2) is 0 Å². The van der Waals surface area contributed by atoms with Crippen molar-refractivity contribution in [2.45, 2.75) is 56.9 Å². The van der Waals surface area contributed by atoms with E-state index in [-0.39, 0.29) is 16.8 Å². The van der Waals surface area contributed by atoms with Crippen LogP contribution in [0.25, 0.3) is 0 Å². The SMILES string of the molecule is Cc1ccc(S(=O)(=O)N2CCCCC2C)cc1C(=O)NCCCCN. The van der Waals surface area contributed by atoms with Gasteiger partial charge >= 0.3 is 0 Å². The number of nitrogens with one attached hydrogen (secondary N) is 1. The summed E-state index contributed by atoms with van der Waals surface area (Å²) in [4.78, 5) is 12.6. The summed E-state index contributed by atoms with van der Waals surface area (Å²) in [7, 11) is -3.58. The number of hydrogen-bond donors (Lipinski definition) is 2. The normalized spacial score (nSPS) is 18.9. The number of amides is 1. The second-order valence-corrected chi connectivity index (χ2v) is 8.58. The molecule has 0 aliphatic carbocycles. The maximum Gasteiger partial charge on any atom is 0.251 e. The van der Waals surface area contributed by atoms with Gasteiger partial charge in [-0.2, -0.15) is 4.31 Å². The maximum atomic E-state index is 13.0. The van der Waals surface area contributed by atoms with E-state index in [1.54, 1.807) is 16.4 Å². The molecule has 140 valence electrons. The van der Waals surface area contributed by atoms with Crippen molar-refractivity contribution in [1.29, 1.82) is 0 Å². The molecule has 1 aliphatic heterocycles. The summed E-state index contributed by atoms with van der Waals surface area (Å²) in [5.74, 6) is -0.238. The topological polar surface area (TPSA) is 92.5 Å². The molecule has 7 heteroatoms. The summed E-state index contributed by atoms with van der Waals surface area (Å²) >= 11 is 0. The molecule has 0 radical (unpaired) electrons. The molecule has 0 aromatic heterocycles. The molecule has 0 spiro atoms. The molecular formula is C18H29N3O3S. The quantitative estimate of drug-likeness (QED) is 0.721. The number of nitrogens with two attached hydrogens (primary N) is 1. The third-order valence-electron chi connectivity index (χ3n) is 4.72. The van der Waals surface area contributed by atoms with Gasteiger partial charge in [-0.1, -0.05) is 12.5 Å². The van der Waals surface area contributed by atoms with Crippen LogP contribution in [-0.2, 0) is 10.0 Å². The van der Waals surface area contributed by atoms with Crippen LogP contribution in [0.5, 0.6) is 0 Å². The number of carbonyl (C=O) groups is 1. The summed E-state index contributed by atoms with van der Waals surface area (Å²) in [5, 5.41) is 2.84. The molecule has 1 aromatic carbocycles. The van der Waals surface area contributed by atoms with E-state index in [9.17, 15) is 13.2 Å². The minimum Gasteiger partial charge on any atom is -0.352 e. The molecule has 6 nitrogen and oxygen atoms in total. The number of aryl methyl sites for hydroxylation is 1. The van der Waals surface area contributed by atoms with E-state index in [0.717, 1.165) is 37.7 Å². The van der Waals surface area contributed by atoms with Crippen molar-refractivity contribution in [2.75, 3.05) is 19.6 Å². The van der Waals surface area contributed by atoms with Gasteiger partial charge in [-0.15, -0.1) is 0 Å². The number of nitrogens with zero attached hydrogens (tertiary/aromatic N) is 1. The van der Waals surface area contributed by atoms with E-state index in [4.69, 9.17) is 5.73 Å². The van der Waals surface area contributed by atoms with E-state index in [1.807, 2.05) is 13.8 Å². The standard InChI is InChI=1S/C18H29N3O3S/c1-14-8-9-16(13-17(14)18(22)20-11-5-4-10-19)25(23,24)21-12-6-3-7-15(21)2/h8-9,13,15H,3-7,10-12,19H2,1-2H3,(H,20,22). The van der Waals surface area contributed by atoms with Gasteiger partial charge in [0, 0.05) is 24.7 Å². The Bertz CT molecular complexity index is 704. The lowest BCUT2D eigenvalue weighted by atomic mass is 10.1. The molecule has 1 aliphatic rings. The molecule has 25 heavy (non-hydrogen) atoms. The van der Waals surface area contributed by atoms with Crippen LogP contribution in [0.3, 0.4) is 0 Å². The average Bonchev–Trinajstić information content (AvgIpc) is 2.59. The van der Waals surface area contributed by atoms with Gasteiger partial charge in [-0.05, 0) is 63.8 Å². The zero-order valence-corrected chi connectivity index (χ0v) is 15.9. The zero-order chi connectivity index (χ0) is 18.4. The van der Waals surface area contributed by atoms with Gasteiger partial charge in [0.25, 0.3) is 5.91 Å². The number of piperidine rings is 1. The predicted octanol–water partition coefficient (Wildman–Crippen LogP) is 2.03. The average molecular weight is 368 g/mol. The van der Waals surface area contributed by atoms with Gasteiger partial charge in [-0.3, -0.25) is 4.79 Å². The Morgan fingerprint density at radius 1 is 1.32 bits per heavy atom. The first-order chi connectivity index (χ1) is 11.9. The monoisotopic (exact) mass is 367 g/mol. The lowest BCUT2D eigenvalue weighted by Gasteiger charge is -2.32. The van der Waals surface area contributed by atoms with Crippen LogP contribution in [0.4, 0.5) is 0 Å². The maximum absolute atomic E-state index is 13.0. The molecule has 1 aromatic rings. The van der Waals surface area contributed by atoms with E-state index >= 15 is 0 Å². The number of sulfonamides is 1. The van der Waals surface area contributed by atoms with Gasteiger partial charge in [-0.25, -0.2) is 8.42 Å². The van der Waals surface area contributed by atoms with E-state index in [0.29, 0.717) is 25.2 Å². The fourth-order valence-corrected chi connectivity index (χ4v) is 4.86. The number of hydrogen-bond acceptors (Lipinski definition) is 4. The number of unbranched alkanes of at least 4 members (excludes halogenated alkanes) is 1. The van der Waals surface area contributed by atoms with Crippen LogP contribution in [-0.4, -0.2) is 44.3 Å². The van der Waals surface area contributed by atoms with Crippen molar-refractivity contribution < 1.29 is 13.2 Å². The molecular weight excluding hydrogens is 338 g/mol. The van der Waals surface area contributed by atoms with E-state index in [2.05, 4.69) is 5.32 Å². The predicted molar refractivity (Wildman–Crippen MR) is 99.0 cm³/mol. The fraction of sp³-hybridized carbons (Fsp3) is 0.611. The Hall–Kier alpha value is -1.44. The number of benzene rings is 1. The summed E-state index contributed by atoms with van der Waals surface area (Å²) in [5.41, 5.74) is 6.63. The van der Waals surface area contributed by atoms with Crippen molar-refractivity contribution in [3.05, 3.63) is 29.3 Å². The molecule has 1 fully saturated rings. The number of carbonyl (C=O) groups excluding carboxylic acids is 1. The first-order valence-electron chi connectivity index (χ1n) is 8.98. The zero-order valence-electron chi connectivity index (χ0n) is 15.1. The summed E-state index contributed by atoms with van der Waals surface area (Å²) < 4.78 is 27.5. The third kappa shape index (κ3) is 4.80. The second-order valence-electron chi connectivity index (χ2n) is 6.69. The van der Waals surface area contributed by atoms with Gasteiger partial charge in [0.1, 0.15) is 0 Å². The van der Waals surface area contributed by atoms with Crippen molar-refractivity contribution in [3.8, 4) is 0 Å². The lowest BCUT2D eigenvalue weighted by molar-refractivity contribution is 0.0952. The Kier molecular flexibility index (Phi) is 6.98. The molecule has 2 rings (SSSR count). The van der Waals surface area contributed by atoms with Crippen LogP contribution < -0.4 is 11.1 Å². The van der Waals surface area contributed by atoms with E-state index < -0.39 is 10.0 Å². The Labute approximate surface area is 150 Å². The van der Waals surface area contributed by atoms with Crippen molar-refractivity contribution in [2.24, 2.45) is 5.73 Å². The van der Waals surface area contributed by atoms with Gasteiger partial charge in [0.05, 0.1) is 4.90 Å². The van der Waals surface area contributed by atoms with Crippen LogP contribution in [0.1, 0.15) is 54.9 Å². The summed E-state index contributed by atoms with van der Waals surface area (Å²) in [6.07, 6.45) is 4.46. The van der Waals surface area contributed by atoms with Gasteiger partial charge in [0.2, 0.25) is 10.0 Å². The minimum absolute atomic E-state index is 0.00593. The lowest BCUT2D eigenvalue weighted by Crippen LogP contribution is -2.42. The molecule has 1 unspecified atom stereocenters. The van der Waals surface area contributed by atoms with E-state index in [1.165, 1.54) is 6.07 Å². The Morgan fingerprint density at radius 2 is 2.08 bits per heavy atom. The van der Waals surface area contributed by atoms with Crippen molar-refractivity contribution >= 4 is 15.9 Å². The van der Waals surface area contributed by atoms with Crippen molar-refractivity contribution in [1.82, 2.24) is 9.62 Å². The van der Waals surface area contributed by atoms with Crippen LogP contribution in [0.2, 0.25) is 0 Å². The molecule has 0 saturated carbocycles. The Balaban J connectivity index is 2.21. The highest BCUT2D eigenvalue weighted by atomic mass is 32.2. The highest BCUT2D eigenvalue weighted by molar-refractivity contribution is 7.89.